The highest BCUT2D eigenvalue weighted by molar-refractivity contribution is 7.22. The summed E-state index contributed by atoms with van der Waals surface area (Å²) in [5, 5.41) is 45.9. The van der Waals surface area contributed by atoms with E-state index in [2.05, 4.69) is 49.5 Å². The highest BCUT2D eigenvalue weighted by atomic mass is 32.1. The summed E-state index contributed by atoms with van der Waals surface area (Å²) >= 11 is 3.14. The van der Waals surface area contributed by atoms with Gasteiger partial charge in [0.05, 0.1) is 50.8 Å². The molecule has 2 aromatic carbocycles. The number of carbonyl (C=O) groups is 5. The number of nitrogens with one attached hydrogen (secondary N) is 3. The Morgan fingerprint density at radius 2 is 1.59 bits per heavy atom. The van der Waals surface area contributed by atoms with Gasteiger partial charge in [-0.3, -0.25) is 28.8 Å². The summed E-state index contributed by atoms with van der Waals surface area (Å²) < 4.78 is 10.4. The Bertz CT molecular complexity index is 4060. The number of unbranched alkanes of at least 4 members (excludes halogenated alkanes) is 2. The van der Waals surface area contributed by atoms with Gasteiger partial charge in [0.15, 0.2) is 22.5 Å². The van der Waals surface area contributed by atoms with E-state index in [0.29, 0.717) is 74.9 Å². The number of carboxylic acids is 1. The van der Waals surface area contributed by atoms with Crippen molar-refractivity contribution < 1.29 is 38.9 Å². The van der Waals surface area contributed by atoms with E-state index in [1.165, 1.54) is 11.3 Å². The third-order valence-electron chi connectivity index (χ3n) is 21.3. The fourth-order valence-electron chi connectivity index (χ4n) is 17.8. The summed E-state index contributed by atoms with van der Waals surface area (Å²) in [5.74, 6) is -0.174. The maximum atomic E-state index is 14.2. The molecule has 7 aromatic rings. The molecule has 5 aromatic heterocycles. The number of aliphatic hydroxyl groups excluding tert-OH is 1. The van der Waals surface area contributed by atoms with Gasteiger partial charge in [-0.25, -0.2) is 19.7 Å². The third kappa shape index (κ3) is 14.4. The molecular weight excluding hydrogens is 1270 g/mol. The van der Waals surface area contributed by atoms with Crippen LogP contribution in [-0.2, 0) is 43.4 Å². The molecule has 2 unspecified atom stereocenters. The number of piperazine rings is 1. The second kappa shape index (κ2) is 27.2. The van der Waals surface area contributed by atoms with Gasteiger partial charge in [0.25, 0.3) is 0 Å². The Morgan fingerprint density at radius 3 is 2.31 bits per heavy atom. The van der Waals surface area contributed by atoms with Gasteiger partial charge in [0.1, 0.15) is 17.9 Å². The van der Waals surface area contributed by atoms with Crippen molar-refractivity contribution in [2.45, 2.75) is 182 Å². The average molecular weight is 1360 g/mol. The van der Waals surface area contributed by atoms with E-state index >= 15 is 0 Å². The molecule has 6 fully saturated rings. The van der Waals surface area contributed by atoms with Crippen LogP contribution in [0.1, 0.15) is 157 Å². The van der Waals surface area contributed by atoms with Crippen LogP contribution >= 0.6 is 22.7 Å². The molecule has 5 N–H and O–H groups in total. The molecule has 3 aliphatic heterocycles. The number of thiazole rings is 2. The summed E-state index contributed by atoms with van der Waals surface area (Å²) in [7, 11) is 0. The number of likely N-dealkylation sites (tertiary alicyclic amines) is 1. The molecule has 7 aliphatic rings. The third-order valence-corrected chi connectivity index (χ3v) is 23.3. The lowest BCUT2D eigenvalue weighted by atomic mass is 9.39. The zero-order chi connectivity index (χ0) is 68.2. The Balaban J connectivity index is 0.560. The molecule has 97 heavy (non-hydrogen) atoms. The number of para-hydroxylation sites is 1. The highest BCUT2D eigenvalue weighted by Crippen LogP contribution is 2.72. The lowest BCUT2D eigenvalue weighted by Crippen LogP contribution is -2.64. The van der Waals surface area contributed by atoms with E-state index in [0.717, 1.165) is 131 Å². The fraction of sp³-hybridized carbons (Fsp3) is 0.548. The summed E-state index contributed by atoms with van der Waals surface area (Å²) in [6.07, 6.45) is 11.5. The quantitative estimate of drug-likeness (QED) is 0.0373. The minimum Gasteiger partial charge on any atom is -0.476 e. The molecule has 14 rings (SSSR count). The van der Waals surface area contributed by atoms with Gasteiger partial charge in [-0.1, -0.05) is 88.8 Å². The number of ether oxygens (including phenoxy) is 1. The van der Waals surface area contributed by atoms with Crippen LogP contribution in [0.5, 0.6) is 0 Å². The number of aromatic nitrogens is 7. The molecule has 5 atom stereocenters. The molecule has 4 aliphatic carbocycles. The van der Waals surface area contributed by atoms with Gasteiger partial charge in [-0.2, -0.15) is 5.10 Å². The minimum atomic E-state index is -1.11. The molecule has 4 amide bonds. The number of aromatic carboxylic acids is 1. The molecule has 22 nitrogen and oxygen atoms in total. The van der Waals surface area contributed by atoms with E-state index in [-0.39, 0.29) is 71.2 Å². The Morgan fingerprint density at radius 1 is 0.835 bits per heavy atom. The maximum Gasteiger partial charge on any atom is 0.355 e. The number of rotatable bonds is 23. The second-order valence-corrected chi connectivity index (χ2v) is 32.3. The number of anilines is 4. The number of hydrogen-bond donors (Lipinski definition) is 5. The van der Waals surface area contributed by atoms with Crippen LogP contribution in [-0.4, -0.2) is 166 Å². The van der Waals surface area contributed by atoms with Crippen molar-refractivity contribution in [3.05, 3.63) is 106 Å². The van der Waals surface area contributed by atoms with Crippen molar-refractivity contribution in [3.8, 4) is 21.6 Å². The predicted molar refractivity (Wildman–Crippen MR) is 375 cm³/mol. The standard InChI is InChI=1S/C73H92N14O8S2/c1-45-51-15-14-26-85(64(51)82-81-63(45)80-68-77-54-16-12-13-17-56(54)97-68)57-25-24-52(60(78-57)67(93)94)53-35-76-87(47(53)3)43-72-38-70(7)37-71(8,39-72)41-73(40-70,42-72)95-32-31-83-27-29-84(30-28-83)59(90)19-11-9-10-18-58(89)79-62(69(4,5)6)66(92)86-36-50(88)33-55(86)65(91)74-34-48-20-22-49(23-21-48)61-46(2)75-44-96-61/h12-13,16-17,20-25,35,44,50,55,62,88H,9-11,14-15,18-19,26-34,36-43H2,1-8H3,(H,74,91)(H,79,89)(H,93,94)(H,77,80,81)/t50-,55-,62+,70?,71?,72?,73?/m1/s1. The number of pyridine rings is 1. The average Bonchev–Trinajstić information content (AvgIpc) is 1.45. The first-order chi connectivity index (χ1) is 46.3. The normalized spacial score (nSPS) is 24.2. The number of β-amino-alcohol motifs (C(OH)–C–C–N with tert-alkyl or cyclic N) is 1. The first-order valence-corrected chi connectivity index (χ1v) is 36.3. The molecule has 4 saturated carbocycles. The number of fused-ring (bicyclic) bond motifs is 2. The number of aryl methyl sites for hydroxylation is 1. The molecule has 2 saturated heterocycles. The van der Waals surface area contributed by atoms with Gasteiger partial charge in [0.2, 0.25) is 23.6 Å². The van der Waals surface area contributed by atoms with Gasteiger partial charge < -0.3 is 45.6 Å². The number of benzene rings is 2. The van der Waals surface area contributed by atoms with Crippen LogP contribution in [0.4, 0.5) is 22.6 Å². The molecule has 0 radical (unpaired) electrons. The number of hydrogen-bond acceptors (Lipinski definition) is 18. The van der Waals surface area contributed by atoms with Crippen LogP contribution < -0.4 is 20.9 Å². The van der Waals surface area contributed by atoms with Gasteiger partial charge in [0, 0.05) is 106 Å². The van der Waals surface area contributed by atoms with Crippen LogP contribution in [0.15, 0.2) is 72.4 Å². The first kappa shape index (κ1) is 67.8. The number of carbonyl (C=O) groups excluding carboxylic acids is 4. The van der Waals surface area contributed by atoms with E-state index in [4.69, 9.17) is 24.9 Å². The Kier molecular flexibility index (Phi) is 19.0. The topological polar surface area (TPSA) is 266 Å². The molecule has 514 valence electrons. The van der Waals surface area contributed by atoms with Crippen LogP contribution in [0.3, 0.4) is 0 Å². The van der Waals surface area contributed by atoms with E-state index in [9.17, 15) is 34.2 Å². The minimum absolute atomic E-state index is 0.000189. The summed E-state index contributed by atoms with van der Waals surface area (Å²) in [4.78, 5) is 90.7. The lowest BCUT2D eigenvalue weighted by Gasteiger charge is -2.69. The van der Waals surface area contributed by atoms with Gasteiger partial charge >= 0.3 is 5.97 Å². The fourth-order valence-corrected chi connectivity index (χ4v) is 19.5. The van der Waals surface area contributed by atoms with Crippen LogP contribution in [0, 0.1) is 42.4 Å². The summed E-state index contributed by atoms with van der Waals surface area (Å²) in [5.41, 5.74) is 9.09. The van der Waals surface area contributed by atoms with Crippen LogP contribution in [0.25, 0.3) is 31.8 Å². The number of amides is 4. The molecule has 24 heteroatoms. The zero-order valence-electron chi connectivity index (χ0n) is 57.2. The number of carboxylic acid groups (broad SMARTS) is 1. The van der Waals surface area contributed by atoms with Crippen molar-refractivity contribution in [1.29, 1.82) is 0 Å². The van der Waals surface area contributed by atoms with E-state index in [1.54, 1.807) is 22.7 Å². The second-order valence-electron chi connectivity index (χ2n) is 30.5. The predicted octanol–water partition coefficient (Wildman–Crippen LogP) is 11.0. The Labute approximate surface area is 575 Å². The number of aliphatic hydroxyl groups is 1. The van der Waals surface area contributed by atoms with Crippen molar-refractivity contribution in [2.75, 3.05) is 62.6 Å². The molecule has 0 spiro atoms. The summed E-state index contributed by atoms with van der Waals surface area (Å²) in [6, 6.07) is 17.9. The monoisotopic (exact) mass is 1360 g/mol. The maximum absolute atomic E-state index is 14.2. The van der Waals surface area contributed by atoms with Crippen molar-refractivity contribution in [3.63, 3.8) is 0 Å². The SMILES string of the molecule is Cc1ncsc1-c1ccc(CNC(=O)[C@H]2C[C@@H](O)CN2C(=O)[C@H](NC(=O)CCCCCC(=O)N2CCN(CCOC34CC5(C)CC(C)(CC(Cn6ncc(-c7ccc(N8CCCc9c8nnc(Nc8nc%10ccccc%10s8)c9C)nc7C(=O)O)c6C)(C5)C3)C4)CC2)C(C)(C)C)cc1. The molecule has 4 bridgehead atoms. The molecule has 8 heterocycles. The van der Waals surface area contributed by atoms with E-state index in [1.807, 2.05) is 124 Å². The highest BCUT2D eigenvalue weighted by Gasteiger charge is 2.66. The lowest BCUT2D eigenvalue weighted by molar-refractivity contribution is -0.249. The summed E-state index contributed by atoms with van der Waals surface area (Å²) in [6.45, 7) is 22.5. The number of nitrogens with zero attached hydrogens (tertiary/aromatic N) is 11. The zero-order valence-corrected chi connectivity index (χ0v) is 58.8. The van der Waals surface area contributed by atoms with Crippen molar-refractivity contribution in [2.24, 2.45) is 21.7 Å². The van der Waals surface area contributed by atoms with Crippen molar-refractivity contribution >= 4 is 85.1 Å². The molecular formula is C73H92N14O8S2. The van der Waals surface area contributed by atoms with Gasteiger partial charge in [-0.05, 0) is 142 Å². The largest absolute Gasteiger partial charge is 0.476 e. The van der Waals surface area contributed by atoms with Gasteiger partial charge in [-0.15, -0.1) is 21.5 Å². The smallest absolute Gasteiger partial charge is 0.355 e. The van der Waals surface area contributed by atoms with E-state index < -0.39 is 35.5 Å². The first-order valence-electron chi connectivity index (χ1n) is 34.6. The Hall–Kier alpha value is -7.77. The van der Waals surface area contributed by atoms with Crippen LogP contribution in [0.2, 0.25) is 0 Å². The van der Waals surface area contributed by atoms with Crippen molar-refractivity contribution in [1.82, 2.24) is 60.3 Å².